The largest absolute Gasteiger partial charge is 0.388 e. The van der Waals surface area contributed by atoms with Gasteiger partial charge in [0.2, 0.25) is 0 Å². The van der Waals surface area contributed by atoms with Crippen LogP contribution in [0, 0.1) is 11.6 Å². The molecule has 0 radical (unpaired) electrons. The van der Waals surface area contributed by atoms with E-state index in [0.29, 0.717) is 4.47 Å². The molecule has 2 aromatic rings. The van der Waals surface area contributed by atoms with Crippen LogP contribution >= 0.6 is 15.9 Å². The van der Waals surface area contributed by atoms with Gasteiger partial charge in [-0.05, 0) is 32.9 Å². The van der Waals surface area contributed by atoms with E-state index < -0.39 is 17.2 Å². The molecule has 1 heterocycles. The highest BCUT2D eigenvalue weighted by molar-refractivity contribution is 9.10. The molecule has 0 saturated heterocycles. The number of hydrogen-bond acceptors (Lipinski definition) is 3. The van der Waals surface area contributed by atoms with Crippen LogP contribution in [0.1, 0.15) is 26.6 Å². The van der Waals surface area contributed by atoms with Crippen molar-refractivity contribution in [2.45, 2.75) is 32.9 Å². The lowest BCUT2D eigenvalue weighted by Crippen LogP contribution is -2.25. The second-order valence-corrected chi connectivity index (χ2v) is 6.26. The first-order valence-corrected chi connectivity index (χ1v) is 6.75. The van der Waals surface area contributed by atoms with Crippen LogP contribution in [0.15, 0.2) is 16.6 Å². The van der Waals surface area contributed by atoms with E-state index in [1.165, 1.54) is 16.7 Å². The summed E-state index contributed by atoms with van der Waals surface area (Å²) in [7, 11) is 0. The number of benzene rings is 1. The molecule has 1 N–H and O–H groups in total. The van der Waals surface area contributed by atoms with Crippen molar-refractivity contribution in [1.29, 1.82) is 0 Å². The van der Waals surface area contributed by atoms with Gasteiger partial charge in [0.25, 0.3) is 0 Å². The highest BCUT2D eigenvalue weighted by Crippen LogP contribution is 2.31. The fraction of sp³-hybridized carbons (Fsp3) is 0.385. The molecule has 7 heteroatoms. The monoisotopic (exact) mass is 345 g/mol. The Morgan fingerprint density at radius 2 is 1.75 bits per heavy atom. The summed E-state index contributed by atoms with van der Waals surface area (Å²) in [6.45, 7) is 5.17. The molecule has 2 rings (SSSR count). The first-order valence-electron chi connectivity index (χ1n) is 5.96. The predicted octanol–water partition coefficient (Wildman–Crippen LogP) is 3.23. The SMILES string of the molecule is CC(C)(C)n1c(CO)nnc1-c1c(F)cc(Br)cc1F. The van der Waals surface area contributed by atoms with E-state index in [1.807, 2.05) is 20.8 Å². The smallest absolute Gasteiger partial charge is 0.170 e. The molecule has 0 saturated carbocycles. The van der Waals surface area contributed by atoms with Crippen molar-refractivity contribution < 1.29 is 13.9 Å². The van der Waals surface area contributed by atoms with Crippen LogP contribution in [-0.2, 0) is 12.1 Å². The van der Waals surface area contributed by atoms with Gasteiger partial charge in [-0.15, -0.1) is 10.2 Å². The predicted molar refractivity (Wildman–Crippen MR) is 74.0 cm³/mol. The summed E-state index contributed by atoms with van der Waals surface area (Å²) < 4.78 is 30.0. The summed E-state index contributed by atoms with van der Waals surface area (Å²) in [5.74, 6) is -1.16. The average molecular weight is 346 g/mol. The molecule has 4 nitrogen and oxygen atoms in total. The van der Waals surface area contributed by atoms with Crippen molar-refractivity contribution in [2.24, 2.45) is 0 Å². The molecule has 0 atom stereocenters. The molecular weight excluding hydrogens is 332 g/mol. The van der Waals surface area contributed by atoms with E-state index in [4.69, 9.17) is 0 Å². The lowest BCUT2D eigenvalue weighted by Gasteiger charge is -2.24. The van der Waals surface area contributed by atoms with Gasteiger partial charge in [0.05, 0.1) is 5.56 Å². The Bertz CT molecular complexity index is 627. The third-order valence-corrected chi connectivity index (χ3v) is 3.23. The fourth-order valence-corrected chi connectivity index (χ4v) is 2.44. The maximum atomic E-state index is 14.1. The molecular formula is C13H14BrF2N3O. The summed E-state index contributed by atoms with van der Waals surface area (Å²) in [5.41, 5.74) is -0.779. The Labute approximate surface area is 123 Å². The maximum Gasteiger partial charge on any atom is 0.170 e. The van der Waals surface area contributed by atoms with Gasteiger partial charge in [-0.1, -0.05) is 15.9 Å². The van der Waals surface area contributed by atoms with Crippen LogP contribution in [0.3, 0.4) is 0 Å². The van der Waals surface area contributed by atoms with Gasteiger partial charge in [0.1, 0.15) is 18.2 Å². The number of halogens is 3. The molecule has 0 aliphatic rings. The first-order chi connectivity index (χ1) is 9.25. The lowest BCUT2D eigenvalue weighted by molar-refractivity contribution is 0.250. The van der Waals surface area contributed by atoms with Gasteiger partial charge >= 0.3 is 0 Å². The number of rotatable bonds is 2. The molecule has 0 bridgehead atoms. The van der Waals surface area contributed by atoms with Crippen LogP contribution in [0.2, 0.25) is 0 Å². The molecule has 0 aliphatic carbocycles. The van der Waals surface area contributed by atoms with E-state index in [9.17, 15) is 13.9 Å². The first kappa shape index (κ1) is 15.1. The molecule has 1 aromatic carbocycles. The standard InChI is InChI=1S/C13H14BrF2N3O/c1-13(2,3)19-10(6-20)17-18-12(19)11-8(15)4-7(14)5-9(11)16/h4-5,20H,6H2,1-3H3. The van der Waals surface area contributed by atoms with Gasteiger partial charge in [0, 0.05) is 10.0 Å². The van der Waals surface area contributed by atoms with E-state index >= 15 is 0 Å². The molecule has 0 unspecified atom stereocenters. The van der Waals surface area contributed by atoms with E-state index in [-0.39, 0.29) is 23.8 Å². The third kappa shape index (κ3) is 2.60. The minimum atomic E-state index is -0.737. The summed E-state index contributed by atoms with van der Waals surface area (Å²) in [4.78, 5) is 0. The third-order valence-electron chi connectivity index (χ3n) is 2.77. The second-order valence-electron chi connectivity index (χ2n) is 5.35. The summed E-state index contributed by atoms with van der Waals surface area (Å²) in [5, 5.41) is 16.9. The minimum absolute atomic E-state index is 0.0593. The number of aliphatic hydroxyl groups excluding tert-OH is 1. The Morgan fingerprint density at radius 1 is 1.20 bits per heavy atom. The summed E-state index contributed by atoms with van der Waals surface area (Å²) >= 11 is 3.03. The minimum Gasteiger partial charge on any atom is -0.388 e. The number of aromatic nitrogens is 3. The highest BCUT2D eigenvalue weighted by Gasteiger charge is 2.27. The van der Waals surface area contributed by atoms with Crippen molar-refractivity contribution in [1.82, 2.24) is 14.8 Å². The maximum absolute atomic E-state index is 14.1. The molecule has 0 aliphatic heterocycles. The van der Waals surface area contributed by atoms with E-state index in [2.05, 4.69) is 26.1 Å². The molecule has 0 amide bonds. The zero-order valence-electron chi connectivity index (χ0n) is 11.3. The second kappa shape index (κ2) is 5.21. The van der Waals surface area contributed by atoms with E-state index in [1.54, 1.807) is 0 Å². The van der Waals surface area contributed by atoms with Crippen LogP contribution in [0.4, 0.5) is 8.78 Å². The summed E-state index contributed by atoms with van der Waals surface area (Å²) in [6.07, 6.45) is 0. The fourth-order valence-electron chi connectivity index (χ4n) is 2.04. The van der Waals surface area contributed by atoms with Crippen LogP contribution in [0.5, 0.6) is 0 Å². The van der Waals surface area contributed by atoms with Crippen molar-refractivity contribution >= 4 is 15.9 Å². The topological polar surface area (TPSA) is 50.9 Å². The van der Waals surface area contributed by atoms with Crippen LogP contribution < -0.4 is 0 Å². The molecule has 1 aromatic heterocycles. The van der Waals surface area contributed by atoms with Crippen LogP contribution in [0.25, 0.3) is 11.4 Å². The zero-order valence-corrected chi connectivity index (χ0v) is 12.9. The normalized spacial score (nSPS) is 11.9. The quantitative estimate of drug-likeness (QED) is 0.908. The van der Waals surface area contributed by atoms with Crippen LogP contribution in [-0.4, -0.2) is 19.9 Å². The van der Waals surface area contributed by atoms with Gasteiger partial charge < -0.3 is 9.67 Å². The van der Waals surface area contributed by atoms with Gasteiger partial charge in [0.15, 0.2) is 11.6 Å². The Morgan fingerprint density at radius 3 is 2.20 bits per heavy atom. The van der Waals surface area contributed by atoms with Gasteiger partial charge in [-0.3, -0.25) is 0 Å². The highest BCUT2D eigenvalue weighted by atomic mass is 79.9. The van der Waals surface area contributed by atoms with Crippen molar-refractivity contribution in [3.8, 4) is 11.4 Å². The molecule has 20 heavy (non-hydrogen) atoms. The van der Waals surface area contributed by atoms with Crippen molar-refractivity contribution in [3.63, 3.8) is 0 Å². The zero-order chi connectivity index (χ0) is 15.1. The van der Waals surface area contributed by atoms with Crippen molar-refractivity contribution in [3.05, 3.63) is 34.1 Å². The van der Waals surface area contributed by atoms with Gasteiger partial charge in [-0.25, -0.2) is 8.78 Å². The van der Waals surface area contributed by atoms with Gasteiger partial charge in [-0.2, -0.15) is 0 Å². The molecule has 108 valence electrons. The molecule has 0 spiro atoms. The Balaban J connectivity index is 2.75. The number of aliphatic hydroxyl groups is 1. The van der Waals surface area contributed by atoms with E-state index in [0.717, 1.165) is 0 Å². The average Bonchev–Trinajstić information content (AvgIpc) is 2.70. The lowest BCUT2D eigenvalue weighted by atomic mass is 10.1. The number of nitrogens with zero attached hydrogens (tertiary/aromatic N) is 3. The summed E-state index contributed by atoms with van der Waals surface area (Å²) in [6, 6.07) is 2.33. The number of hydrogen-bond donors (Lipinski definition) is 1. The molecule has 0 fully saturated rings. The Hall–Kier alpha value is -1.34. The van der Waals surface area contributed by atoms with Crippen molar-refractivity contribution in [2.75, 3.05) is 0 Å². The Kier molecular flexibility index (Phi) is 3.93.